The minimum absolute atomic E-state index is 0.105. The molecule has 0 unspecified atom stereocenters. The number of aromatic nitrogens is 1. The molecule has 0 aliphatic heterocycles. The van der Waals surface area contributed by atoms with Gasteiger partial charge in [-0.1, -0.05) is 73.7 Å². The fourth-order valence-corrected chi connectivity index (χ4v) is 3.94. The molecule has 0 radical (unpaired) electrons. The number of carbonyl (C=O) groups excluding carboxylic acids is 1. The summed E-state index contributed by atoms with van der Waals surface area (Å²) in [5, 5.41) is 3.08. The van der Waals surface area contributed by atoms with Crippen LogP contribution in [0.5, 0.6) is 0 Å². The van der Waals surface area contributed by atoms with E-state index in [1.807, 2.05) is 35.2 Å². The Morgan fingerprint density at radius 3 is 2.27 bits per heavy atom. The predicted octanol–water partition coefficient (Wildman–Crippen LogP) is 6.64. The van der Waals surface area contributed by atoms with Gasteiger partial charge in [-0.15, -0.1) is 0 Å². The van der Waals surface area contributed by atoms with Gasteiger partial charge >= 0.3 is 6.03 Å². The Kier molecular flexibility index (Phi) is 7.26. The SMILES string of the molecule is CCc1ccc(NC(=O)N(Cc2ccccc2)Cc2cccn2Cc2ccccc2C)cc1. The van der Waals surface area contributed by atoms with E-state index in [2.05, 4.69) is 90.6 Å². The second-order valence-electron chi connectivity index (χ2n) is 8.38. The summed E-state index contributed by atoms with van der Waals surface area (Å²) in [6, 6.07) is 30.7. The van der Waals surface area contributed by atoms with Crippen molar-refractivity contribution in [2.24, 2.45) is 0 Å². The highest BCUT2D eigenvalue weighted by Gasteiger charge is 2.17. The Hall–Kier alpha value is -3.79. The second kappa shape index (κ2) is 10.7. The van der Waals surface area contributed by atoms with Gasteiger partial charge in [-0.2, -0.15) is 0 Å². The summed E-state index contributed by atoms with van der Waals surface area (Å²) in [4.78, 5) is 15.2. The standard InChI is InChI=1S/C29H31N3O/c1-3-24-15-17-27(18-16-24)30-29(33)32(20-25-11-5-4-6-12-25)22-28-14-9-19-31(28)21-26-13-8-7-10-23(26)2/h4-19H,3,20-22H2,1-2H3,(H,30,33). The summed E-state index contributed by atoms with van der Waals surface area (Å²) in [5.41, 5.74) is 6.82. The molecule has 1 aromatic heterocycles. The van der Waals surface area contributed by atoms with Gasteiger partial charge in [0.15, 0.2) is 0 Å². The van der Waals surface area contributed by atoms with Crippen LogP contribution >= 0.6 is 0 Å². The predicted molar refractivity (Wildman–Crippen MR) is 135 cm³/mol. The highest BCUT2D eigenvalue weighted by atomic mass is 16.2. The Bertz CT molecular complexity index is 1180. The van der Waals surface area contributed by atoms with E-state index in [4.69, 9.17) is 0 Å². The normalized spacial score (nSPS) is 10.7. The molecule has 0 aliphatic carbocycles. The topological polar surface area (TPSA) is 37.3 Å². The second-order valence-corrected chi connectivity index (χ2v) is 8.38. The first-order valence-electron chi connectivity index (χ1n) is 11.5. The molecule has 0 saturated carbocycles. The number of benzene rings is 3. The first-order valence-corrected chi connectivity index (χ1v) is 11.5. The van der Waals surface area contributed by atoms with Gasteiger partial charge in [-0.3, -0.25) is 0 Å². The van der Waals surface area contributed by atoms with Crippen LogP contribution in [0.25, 0.3) is 0 Å². The molecule has 0 atom stereocenters. The van der Waals surface area contributed by atoms with Crippen molar-refractivity contribution in [3.63, 3.8) is 0 Å². The molecule has 33 heavy (non-hydrogen) atoms. The molecular weight excluding hydrogens is 406 g/mol. The molecule has 4 rings (SSSR count). The van der Waals surface area contributed by atoms with Crippen molar-refractivity contribution in [1.82, 2.24) is 9.47 Å². The van der Waals surface area contributed by atoms with Crippen molar-refractivity contribution < 1.29 is 4.79 Å². The number of nitrogens with zero attached hydrogens (tertiary/aromatic N) is 2. The van der Waals surface area contributed by atoms with Gasteiger partial charge in [0.05, 0.1) is 6.54 Å². The molecule has 1 N–H and O–H groups in total. The summed E-state index contributed by atoms with van der Waals surface area (Å²) in [5.74, 6) is 0. The van der Waals surface area contributed by atoms with Crippen molar-refractivity contribution in [3.05, 3.63) is 125 Å². The maximum absolute atomic E-state index is 13.3. The lowest BCUT2D eigenvalue weighted by Crippen LogP contribution is -2.34. The molecule has 0 aliphatic rings. The van der Waals surface area contributed by atoms with Crippen molar-refractivity contribution >= 4 is 11.7 Å². The van der Waals surface area contributed by atoms with Crippen LogP contribution in [0.15, 0.2) is 97.2 Å². The van der Waals surface area contributed by atoms with Crippen LogP contribution in [0, 0.1) is 6.92 Å². The zero-order chi connectivity index (χ0) is 23.0. The van der Waals surface area contributed by atoms with Crippen LogP contribution in [0.3, 0.4) is 0 Å². The van der Waals surface area contributed by atoms with Crippen LogP contribution in [0.1, 0.15) is 34.9 Å². The number of hydrogen-bond acceptors (Lipinski definition) is 1. The van der Waals surface area contributed by atoms with Crippen LogP contribution in [-0.4, -0.2) is 15.5 Å². The minimum Gasteiger partial charge on any atom is -0.345 e. The van der Waals surface area contributed by atoms with Gasteiger partial charge in [0.25, 0.3) is 0 Å². The lowest BCUT2D eigenvalue weighted by Gasteiger charge is -2.24. The molecule has 4 heteroatoms. The number of urea groups is 1. The van der Waals surface area contributed by atoms with Gasteiger partial charge in [0, 0.05) is 30.7 Å². The fourth-order valence-electron chi connectivity index (χ4n) is 3.94. The van der Waals surface area contributed by atoms with E-state index in [-0.39, 0.29) is 6.03 Å². The van der Waals surface area contributed by atoms with E-state index in [0.29, 0.717) is 13.1 Å². The Balaban J connectivity index is 1.54. The molecule has 168 valence electrons. The lowest BCUT2D eigenvalue weighted by molar-refractivity contribution is 0.205. The number of anilines is 1. The Labute approximate surface area is 196 Å². The van der Waals surface area contributed by atoms with Crippen LogP contribution in [-0.2, 0) is 26.1 Å². The third-order valence-electron chi connectivity index (χ3n) is 6.00. The molecule has 4 nitrogen and oxygen atoms in total. The van der Waals surface area contributed by atoms with E-state index in [0.717, 1.165) is 29.9 Å². The van der Waals surface area contributed by atoms with E-state index in [1.165, 1.54) is 16.7 Å². The molecule has 4 aromatic rings. The summed E-state index contributed by atoms with van der Waals surface area (Å²) < 4.78 is 2.23. The molecule has 0 saturated heterocycles. The molecule has 0 fully saturated rings. The first kappa shape index (κ1) is 22.4. The fraction of sp³-hybridized carbons (Fsp3) is 0.207. The minimum atomic E-state index is -0.105. The number of amides is 2. The molecular formula is C29H31N3O. The Morgan fingerprint density at radius 1 is 0.818 bits per heavy atom. The zero-order valence-electron chi connectivity index (χ0n) is 19.4. The summed E-state index contributed by atoms with van der Waals surface area (Å²) in [6.07, 6.45) is 3.07. The van der Waals surface area contributed by atoms with Crippen molar-refractivity contribution in [2.75, 3.05) is 5.32 Å². The molecule has 0 bridgehead atoms. The highest BCUT2D eigenvalue weighted by Crippen LogP contribution is 2.17. The number of carbonyl (C=O) groups is 1. The molecule has 0 spiro atoms. The van der Waals surface area contributed by atoms with Crippen LogP contribution < -0.4 is 5.32 Å². The third-order valence-corrected chi connectivity index (χ3v) is 6.00. The van der Waals surface area contributed by atoms with Crippen LogP contribution in [0.4, 0.5) is 10.5 Å². The number of hydrogen-bond donors (Lipinski definition) is 1. The maximum atomic E-state index is 13.3. The van der Waals surface area contributed by atoms with Gasteiger partial charge in [0.2, 0.25) is 0 Å². The number of aryl methyl sites for hydroxylation is 2. The lowest BCUT2D eigenvalue weighted by atomic mass is 10.1. The molecule has 2 amide bonds. The van der Waals surface area contributed by atoms with E-state index < -0.39 is 0 Å². The van der Waals surface area contributed by atoms with Crippen molar-refractivity contribution in [3.8, 4) is 0 Å². The van der Waals surface area contributed by atoms with E-state index >= 15 is 0 Å². The monoisotopic (exact) mass is 437 g/mol. The zero-order valence-corrected chi connectivity index (χ0v) is 19.4. The summed E-state index contributed by atoms with van der Waals surface area (Å²) in [7, 11) is 0. The van der Waals surface area contributed by atoms with Crippen molar-refractivity contribution in [2.45, 2.75) is 39.9 Å². The summed E-state index contributed by atoms with van der Waals surface area (Å²) in [6.45, 7) is 6.11. The average Bonchev–Trinajstić information content (AvgIpc) is 3.28. The van der Waals surface area contributed by atoms with E-state index in [1.54, 1.807) is 0 Å². The quantitative estimate of drug-likeness (QED) is 0.329. The molecule has 1 heterocycles. The average molecular weight is 438 g/mol. The van der Waals surface area contributed by atoms with E-state index in [9.17, 15) is 4.79 Å². The number of nitrogens with one attached hydrogen (secondary N) is 1. The van der Waals surface area contributed by atoms with Gasteiger partial charge < -0.3 is 14.8 Å². The van der Waals surface area contributed by atoms with Crippen molar-refractivity contribution in [1.29, 1.82) is 0 Å². The smallest absolute Gasteiger partial charge is 0.322 e. The first-order chi connectivity index (χ1) is 16.1. The highest BCUT2D eigenvalue weighted by molar-refractivity contribution is 5.89. The van der Waals surface area contributed by atoms with Gasteiger partial charge in [-0.25, -0.2) is 4.79 Å². The number of rotatable bonds is 8. The summed E-state index contributed by atoms with van der Waals surface area (Å²) >= 11 is 0. The molecule has 3 aromatic carbocycles. The largest absolute Gasteiger partial charge is 0.345 e. The Morgan fingerprint density at radius 2 is 1.55 bits per heavy atom. The third kappa shape index (κ3) is 5.92. The van der Waals surface area contributed by atoms with Gasteiger partial charge in [-0.05, 0) is 59.9 Å². The van der Waals surface area contributed by atoms with Crippen LogP contribution in [0.2, 0.25) is 0 Å². The van der Waals surface area contributed by atoms with Gasteiger partial charge in [0.1, 0.15) is 0 Å². The maximum Gasteiger partial charge on any atom is 0.322 e.